The number of methoxy groups -OCH3 is 1. The molecule has 0 saturated carbocycles. The molecule has 5 nitrogen and oxygen atoms in total. The van der Waals surface area contributed by atoms with Crippen molar-refractivity contribution in [3.05, 3.63) is 32.5 Å². The maximum absolute atomic E-state index is 13.4. The Morgan fingerprint density at radius 2 is 2.28 bits per heavy atom. The lowest BCUT2D eigenvalue weighted by Crippen LogP contribution is -2.18. The number of anilines is 1. The minimum absolute atomic E-state index is 0.0516. The molecule has 1 atom stereocenters. The molecule has 0 bridgehead atoms. The smallest absolute Gasteiger partial charge is 0.293 e. The van der Waals surface area contributed by atoms with E-state index in [1.165, 1.54) is 0 Å². The number of halogens is 2. The van der Waals surface area contributed by atoms with Crippen LogP contribution in [0.3, 0.4) is 0 Å². The van der Waals surface area contributed by atoms with Gasteiger partial charge in [0.25, 0.3) is 5.69 Å². The zero-order valence-corrected chi connectivity index (χ0v) is 11.7. The lowest BCUT2D eigenvalue weighted by molar-refractivity contribution is -0.384. The van der Waals surface area contributed by atoms with E-state index in [0.29, 0.717) is 13.0 Å². The maximum atomic E-state index is 13.4. The Morgan fingerprint density at radius 3 is 2.83 bits per heavy atom. The predicted octanol–water partition coefficient (Wildman–Crippen LogP) is 3.33. The van der Waals surface area contributed by atoms with Crippen LogP contribution in [0.1, 0.15) is 13.3 Å². The Morgan fingerprint density at radius 1 is 1.61 bits per heavy atom. The maximum Gasteiger partial charge on any atom is 0.293 e. The zero-order valence-electron chi connectivity index (χ0n) is 10.1. The van der Waals surface area contributed by atoms with Crippen LogP contribution in [0, 0.1) is 15.9 Å². The molecule has 0 heterocycles. The lowest BCUT2D eigenvalue weighted by atomic mass is 10.2. The van der Waals surface area contributed by atoms with Gasteiger partial charge in [-0.3, -0.25) is 10.1 Å². The third-order valence-electron chi connectivity index (χ3n) is 2.39. The molecule has 0 spiro atoms. The highest BCUT2D eigenvalue weighted by molar-refractivity contribution is 9.10. The second-order valence-electron chi connectivity index (χ2n) is 3.87. The molecule has 0 saturated heterocycles. The molecule has 0 fully saturated rings. The van der Waals surface area contributed by atoms with Crippen LogP contribution in [-0.4, -0.2) is 24.7 Å². The van der Waals surface area contributed by atoms with Crippen molar-refractivity contribution >= 4 is 27.3 Å². The van der Waals surface area contributed by atoms with E-state index >= 15 is 0 Å². The predicted molar refractivity (Wildman–Crippen MR) is 70.3 cm³/mol. The van der Waals surface area contributed by atoms with E-state index in [2.05, 4.69) is 21.2 Å². The highest BCUT2D eigenvalue weighted by atomic mass is 79.9. The molecule has 0 aliphatic carbocycles. The topological polar surface area (TPSA) is 64.4 Å². The van der Waals surface area contributed by atoms with E-state index in [1.807, 2.05) is 6.92 Å². The number of hydrogen-bond acceptors (Lipinski definition) is 4. The largest absolute Gasteiger partial charge is 0.385 e. The van der Waals surface area contributed by atoms with Gasteiger partial charge in [0.15, 0.2) is 0 Å². The molecule has 7 heteroatoms. The Balaban J connectivity index is 2.93. The van der Waals surface area contributed by atoms with Gasteiger partial charge < -0.3 is 10.1 Å². The summed E-state index contributed by atoms with van der Waals surface area (Å²) in [6.45, 7) is 2.38. The van der Waals surface area contributed by atoms with E-state index in [-0.39, 0.29) is 21.9 Å². The van der Waals surface area contributed by atoms with Crippen molar-refractivity contribution in [3.8, 4) is 0 Å². The summed E-state index contributed by atoms with van der Waals surface area (Å²) in [5, 5.41) is 13.8. The molecule has 100 valence electrons. The van der Waals surface area contributed by atoms with Crippen molar-refractivity contribution in [2.45, 2.75) is 19.4 Å². The minimum Gasteiger partial charge on any atom is -0.385 e. The number of nitrogens with one attached hydrogen (secondary N) is 1. The highest BCUT2D eigenvalue weighted by Crippen LogP contribution is 2.31. The Bertz CT molecular complexity index is 443. The molecule has 1 aromatic carbocycles. The van der Waals surface area contributed by atoms with Crippen LogP contribution >= 0.6 is 15.9 Å². The molecular weight excluding hydrogens is 307 g/mol. The second kappa shape index (κ2) is 6.65. The molecule has 0 aliphatic rings. The van der Waals surface area contributed by atoms with E-state index in [1.54, 1.807) is 7.11 Å². The quantitative estimate of drug-likeness (QED) is 0.645. The summed E-state index contributed by atoms with van der Waals surface area (Å²) in [7, 11) is 1.58. The standard InChI is InChI=1S/C11H14BrFN2O3/c1-7(3-4-18-2)14-10-6-9(13)8(12)5-11(10)15(16)17/h5-7,14H,3-4H2,1-2H3. The van der Waals surface area contributed by atoms with Crippen LogP contribution in [0.25, 0.3) is 0 Å². The Kier molecular flexibility index (Phi) is 5.49. The fraction of sp³-hybridized carbons (Fsp3) is 0.455. The normalized spacial score (nSPS) is 12.2. The zero-order chi connectivity index (χ0) is 13.7. The van der Waals surface area contributed by atoms with Crippen LogP contribution < -0.4 is 5.32 Å². The lowest BCUT2D eigenvalue weighted by Gasteiger charge is -2.15. The SMILES string of the molecule is COCCC(C)Nc1cc(F)c(Br)cc1[N+](=O)[O-]. The van der Waals surface area contributed by atoms with Gasteiger partial charge in [-0.05, 0) is 29.3 Å². The molecule has 1 N–H and O–H groups in total. The molecule has 1 unspecified atom stereocenters. The molecular formula is C11H14BrFN2O3. The van der Waals surface area contributed by atoms with Crippen LogP contribution in [-0.2, 0) is 4.74 Å². The molecule has 0 aromatic heterocycles. The summed E-state index contributed by atoms with van der Waals surface area (Å²) in [5.74, 6) is -0.540. The van der Waals surface area contributed by atoms with Gasteiger partial charge in [0.1, 0.15) is 11.5 Å². The molecule has 1 aromatic rings. The molecule has 0 aliphatic heterocycles. The average molecular weight is 321 g/mol. The molecule has 1 rings (SSSR count). The van der Waals surface area contributed by atoms with Gasteiger partial charge in [-0.25, -0.2) is 4.39 Å². The van der Waals surface area contributed by atoms with Gasteiger partial charge in [0.2, 0.25) is 0 Å². The van der Waals surface area contributed by atoms with E-state index in [0.717, 1.165) is 12.1 Å². The summed E-state index contributed by atoms with van der Waals surface area (Å²) in [4.78, 5) is 10.3. The van der Waals surface area contributed by atoms with Gasteiger partial charge in [0.05, 0.1) is 9.40 Å². The van der Waals surface area contributed by atoms with Crippen LogP contribution in [0.5, 0.6) is 0 Å². The summed E-state index contributed by atoms with van der Waals surface area (Å²) in [6, 6.07) is 2.22. The fourth-order valence-corrected chi connectivity index (χ4v) is 1.77. The van der Waals surface area contributed by atoms with Crippen molar-refractivity contribution in [1.82, 2.24) is 0 Å². The fourth-order valence-electron chi connectivity index (χ4n) is 1.44. The van der Waals surface area contributed by atoms with Gasteiger partial charge in [-0.15, -0.1) is 0 Å². The molecule has 0 amide bonds. The summed E-state index contributed by atoms with van der Waals surface area (Å²) in [6.07, 6.45) is 0.672. The summed E-state index contributed by atoms with van der Waals surface area (Å²) >= 11 is 2.93. The Hall–Kier alpha value is -1.21. The summed E-state index contributed by atoms with van der Waals surface area (Å²) in [5.41, 5.74) is 0.0110. The van der Waals surface area contributed by atoms with Crippen LogP contribution in [0.2, 0.25) is 0 Å². The first-order valence-corrected chi connectivity index (χ1v) is 6.14. The first kappa shape index (κ1) is 14.8. The third kappa shape index (κ3) is 3.92. The third-order valence-corrected chi connectivity index (χ3v) is 3.00. The van der Waals surface area contributed by atoms with E-state index < -0.39 is 10.7 Å². The number of ether oxygens (including phenoxy) is 1. The number of nitrogens with zero attached hydrogens (tertiary/aromatic N) is 1. The number of nitro benzene ring substituents is 1. The summed E-state index contributed by atoms with van der Waals surface area (Å²) < 4.78 is 18.4. The number of benzene rings is 1. The van der Waals surface area contributed by atoms with Crippen molar-refractivity contribution < 1.29 is 14.1 Å². The van der Waals surface area contributed by atoms with Gasteiger partial charge in [-0.2, -0.15) is 0 Å². The van der Waals surface area contributed by atoms with Gasteiger partial charge in [-0.1, -0.05) is 0 Å². The molecule has 0 radical (unpaired) electrons. The first-order valence-electron chi connectivity index (χ1n) is 5.34. The van der Waals surface area contributed by atoms with Crippen molar-refractivity contribution in [3.63, 3.8) is 0 Å². The number of hydrogen-bond donors (Lipinski definition) is 1. The van der Waals surface area contributed by atoms with Gasteiger partial charge in [0, 0.05) is 31.9 Å². The Labute approximate surface area is 113 Å². The number of rotatable bonds is 6. The van der Waals surface area contributed by atoms with Crippen molar-refractivity contribution in [1.29, 1.82) is 0 Å². The second-order valence-corrected chi connectivity index (χ2v) is 4.72. The monoisotopic (exact) mass is 320 g/mol. The van der Waals surface area contributed by atoms with Crippen LogP contribution in [0.15, 0.2) is 16.6 Å². The highest BCUT2D eigenvalue weighted by Gasteiger charge is 2.18. The number of nitro groups is 1. The van der Waals surface area contributed by atoms with Crippen molar-refractivity contribution in [2.24, 2.45) is 0 Å². The van der Waals surface area contributed by atoms with E-state index in [9.17, 15) is 14.5 Å². The first-order chi connectivity index (χ1) is 8.45. The minimum atomic E-state index is -0.546. The van der Waals surface area contributed by atoms with Gasteiger partial charge >= 0.3 is 0 Å². The molecule has 18 heavy (non-hydrogen) atoms. The average Bonchev–Trinajstić information content (AvgIpc) is 2.30. The van der Waals surface area contributed by atoms with Crippen molar-refractivity contribution in [2.75, 3.05) is 19.0 Å². The van der Waals surface area contributed by atoms with E-state index in [4.69, 9.17) is 4.74 Å². The van der Waals surface area contributed by atoms with Crippen LogP contribution in [0.4, 0.5) is 15.8 Å².